The Labute approximate surface area is 132 Å². The topological polar surface area (TPSA) is 81.8 Å². The molecule has 110 valence electrons. The Morgan fingerprint density at radius 1 is 1.40 bits per heavy atom. The first kappa shape index (κ1) is 19.0. The average Bonchev–Trinajstić information content (AvgIpc) is 2.41. The highest BCUT2D eigenvalue weighted by atomic mass is 35.5. The van der Waals surface area contributed by atoms with Crippen molar-refractivity contribution in [3.63, 3.8) is 0 Å². The predicted octanol–water partition coefficient (Wildman–Crippen LogP) is 5.58. The van der Waals surface area contributed by atoms with Gasteiger partial charge in [-0.05, 0) is 31.0 Å². The van der Waals surface area contributed by atoms with Crippen molar-refractivity contribution < 1.29 is 4.74 Å². The third-order valence-electron chi connectivity index (χ3n) is 2.10. The molecular weight excluding hydrogens is 316 g/mol. The molecule has 0 saturated carbocycles. The first-order valence-electron chi connectivity index (χ1n) is 5.91. The lowest BCUT2D eigenvalue weighted by atomic mass is 10.3. The number of azide groups is 1. The van der Waals surface area contributed by atoms with Crippen LogP contribution in [0.2, 0.25) is 0 Å². The van der Waals surface area contributed by atoms with E-state index in [1.807, 2.05) is 19.1 Å². The summed E-state index contributed by atoms with van der Waals surface area (Å²) in [6, 6.07) is 7.47. The van der Waals surface area contributed by atoms with Gasteiger partial charge in [0.1, 0.15) is 0 Å². The highest BCUT2D eigenvalue weighted by Gasteiger charge is 1.99. The fraction of sp³-hybridized carbons (Fsp3) is 0.417. The van der Waals surface area contributed by atoms with Crippen molar-refractivity contribution in [2.24, 2.45) is 5.11 Å². The summed E-state index contributed by atoms with van der Waals surface area (Å²) < 4.78 is 5.07. The van der Waals surface area contributed by atoms with E-state index in [4.69, 9.17) is 15.7 Å². The summed E-state index contributed by atoms with van der Waals surface area (Å²) in [4.78, 5) is 3.86. The molecule has 1 rings (SSSR count). The molecule has 0 amide bonds. The lowest BCUT2D eigenvalue weighted by Gasteiger charge is -2.04. The van der Waals surface area contributed by atoms with Gasteiger partial charge < -0.3 is 4.74 Å². The molecule has 0 aliphatic heterocycles. The van der Waals surface area contributed by atoms with Crippen molar-refractivity contribution in [3.8, 4) is 0 Å². The van der Waals surface area contributed by atoms with Crippen LogP contribution in [0.1, 0.15) is 19.8 Å². The minimum absolute atomic E-state index is 0. The third-order valence-corrected chi connectivity index (χ3v) is 4.57. The highest BCUT2D eigenvalue weighted by molar-refractivity contribution is 8.76. The zero-order valence-corrected chi connectivity index (χ0v) is 13.6. The van der Waals surface area contributed by atoms with Gasteiger partial charge in [0.05, 0.1) is 6.61 Å². The number of ether oxygens (including phenoxy) is 1. The monoisotopic (exact) mass is 332 g/mol. The van der Waals surface area contributed by atoms with Crippen LogP contribution in [-0.2, 0) is 4.74 Å². The molecule has 1 aromatic rings. The van der Waals surface area contributed by atoms with E-state index in [0.29, 0.717) is 24.6 Å². The molecule has 0 radical (unpaired) electrons. The van der Waals surface area contributed by atoms with Crippen LogP contribution >= 0.6 is 34.0 Å². The molecule has 8 heteroatoms. The molecule has 0 aromatic heterocycles. The van der Waals surface area contributed by atoms with E-state index in [1.165, 1.54) is 0 Å². The van der Waals surface area contributed by atoms with Crippen molar-refractivity contribution in [2.75, 3.05) is 12.4 Å². The van der Waals surface area contributed by atoms with Crippen LogP contribution in [0.4, 0.5) is 5.69 Å². The van der Waals surface area contributed by atoms with Crippen LogP contribution in [0.15, 0.2) is 34.3 Å². The van der Waals surface area contributed by atoms with Gasteiger partial charge in [0.15, 0.2) is 5.90 Å². The minimum atomic E-state index is 0. The Kier molecular flexibility index (Phi) is 11.2. The average molecular weight is 333 g/mol. The normalized spacial score (nSPS) is 9.25. The van der Waals surface area contributed by atoms with Gasteiger partial charge >= 0.3 is 0 Å². The number of rotatable bonds is 8. The smallest absolute Gasteiger partial charge is 0.180 e. The predicted molar refractivity (Wildman–Crippen MR) is 89.4 cm³/mol. The van der Waals surface area contributed by atoms with E-state index >= 15 is 0 Å². The number of halogens is 1. The van der Waals surface area contributed by atoms with Gasteiger partial charge in [0, 0.05) is 27.7 Å². The van der Waals surface area contributed by atoms with E-state index in [9.17, 15) is 0 Å². The molecule has 5 nitrogen and oxygen atoms in total. The molecular formula is C12H17ClN4OS2. The Morgan fingerprint density at radius 3 is 2.70 bits per heavy atom. The summed E-state index contributed by atoms with van der Waals surface area (Å²) in [7, 11) is 3.43. The molecule has 0 fully saturated rings. The van der Waals surface area contributed by atoms with Crippen LogP contribution < -0.4 is 0 Å². The van der Waals surface area contributed by atoms with Gasteiger partial charge in [-0.15, -0.1) is 12.4 Å². The second kappa shape index (κ2) is 11.8. The molecule has 0 spiro atoms. The van der Waals surface area contributed by atoms with E-state index in [-0.39, 0.29) is 12.4 Å². The molecule has 0 heterocycles. The minimum Gasteiger partial charge on any atom is -0.481 e. The molecule has 1 N–H and O–H groups in total. The van der Waals surface area contributed by atoms with Crippen LogP contribution in [0.5, 0.6) is 0 Å². The number of benzene rings is 1. The number of hydrogen-bond acceptors (Lipinski definition) is 5. The zero-order valence-electron chi connectivity index (χ0n) is 11.1. The van der Waals surface area contributed by atoms with Crippen LogP contribution in [0.3, 0.4) is 0 Å². The molecule has 0 atom stereocenters. The summed E-state index contributed by atoms with van der Waals surface area (Å²) in [5, 5.41) is 11.0. The van der Waals surface area contributed by atoms with Gasteiger partial charge in [-0.25, -0.2) is 0 Å². The second-order valence-electron chi connectivity index (χ2n) is 3.55. The Bertz CT molecular complexity index is 449. The molecule has 1 aromatic carbocycles. The fourth-order valence-corrected chi connectivity index (χ4v) is 3.34. The van der Waals surface area contributed by atoms with Gasteiger partial charge in [-0.3, -0.25) is 5.41 Å². The molecule has 0 aliphatic carbocycles. The summed E-state index contributed by atoms with van der Waals surface area (Å²) in [5.74, 6) is 1.34. The SMILES string of the molecule is CCOC(=N)CCCSSc1ccc(N=[N+]=[N-])cc1.Cl. The van der Waals surface area contributed by atoms with E-state index in [0.717, 1.165) is 17.1 Å². The number of nitrogens with one attached hydrogen (secondary N) is 1. The first-order valence-corrected chi connectivity index (χ1v) is 8.23. The van der Waals surface area contributed by atoms with Crippen molar-refractivity contribution in [2.45, 2.75) is 24.7 Å². The van der Waals surface area contributed by atoms with Gasteiger partial charge in [0.25, 0.3) is 0 Å². The van der Waals surface area contributed by atoms with Gasteiger partial charge in [-0.1, -0.05) is 38.8 Å². The van der Waals surface area contributed by atoms with Crippen LogP contribution in [0.25, 0.3) is 10.4 Å². The maximum absolute atomic E-state index is 8.29. The second-order valence-corrected chi connectivity index (χ2v) is 6.04. The summed E-state index contributed by atoms with van der Waals surface area (Å²) in [6.45, 7) is 2.46. The van der Waals surface area contributed by atoms with Crippen LogP contribution in [0, 0.1) is 5.41 Å². The molecule has 0 saturated heterocycles. The lowest BCUT2D eigenvalue weighted by molar-refractivity contribution is 0.314. The standard InChI is InChI=1S/C12H16N4OS2.ClH/c1-2-17-12(13)4-3-9-18-19-11-7-5-10(6-8-11)15-16-14;/h5-8,13H,2-4,9H2,1H3;1H. The molecule has 20 heavy (non-hydrogen) atoms. The summed E-state index contributed by atoms with van der Waals surface area (Å²) >= 11 is 0. The Balaban J connectivity index is 0.00000361. The maximum Gasteiger partial charge on any atom is 0.180 e. The van der Waals surface area contributed by atoms with Crippen molar-refractivity contribution in [1.82, 2.24) is 0 Å². The first-order chi connectivity index (χ1) is 9.26. The highest BCUT2D eigenvalue weighted by Crippen LogP contribution is 2.32. The van der Waals surface area contributed by atoms with Crippen molar-refractivity contribution in [1.29, 1.82) is 5.41 Å². The molecule has 0 bridgehead atoms. The Hall–Kier alpha value is -1.01. The summed E-state index contributed by atoms with van der Waals surface area (Å²) in [6.07, 6.45) is 1.63. The van der Waals surface area contributed by atoms with Crippen molar-refractivity contribution >= 4 is 45.6 Å². The van der Waals surface area contributed by atoms with E-state index in [1.54, 1.807) is 33.7 Å². The number of nitrogens with zero attached hydrogens (tertiary/aromatic N) is 3. The number of hydrogen-bond donors (Lipinski definition) is 1. The maximum atomic E-state index is 8.29. The fourth-order valence-electron chi connectivity index (χ4n) is 1.27. The van der Waals surface area contributed by atoms with Gasteiger partial charge in [-0.2, -0.15) is 0 Å². The zero-order chi connectivity index (χ0) is 13.9. The largest absolute Gasteiger partial charge is 0.481 e. The quantitative estimate of drug-likeness (QED) is 0.128. The van der Waals surface area contributed by atoms with Gasteiger partial charge in [0.2, 0.25) is 0 Å². The van der Waals surface area contributed by atoms with Crippen molar-refractivity contribution in [3.05, 3.63) is 34.7 Å². The Morgan fingerprint density at radius 2 is 2.10 bits per heavy atom. The lowest BCUT2D eigenvalue weighted by Crippen LogP contribution is -2.02. The summed E-state index contributed by atoms with van der Waals surface area (Å²) in [5.41, 5.74) is 8.92. The third kappa shape index (κ3) is 8.22. The molecule has 0 unspecified atom stereocenters. The van der Waals surface area contributed by atoms with E-state index in [2.05, 4.69) is 10.0 Å². The molecule has 0 aliphatic rings. The van der Waals surface area contributed by atoms with E-state index < -0.39 is 0 Å². The van der Waals surface area contributed by atoms with Crippen LogP contribution in [-0.4, -0.2) is 18.3 Å².